The number of fused-ring (bicyclic) bond motifs is 1. The van der Waals surface area contributed by atoms with Gasteiger partial charge in [-0.05, 0) is 0 Å². The van der Waals surface area contributed by atoms with E-state index in [-0.39, 0.29) is 5.92 Å². The van der Waals surface area contributed by atoms with Crippen molar-refractivity contribution in [2.45, 2.75) is 10.2 Å². The summed E-state index contributed by atoms with van der Waals surface area (Å²) in [7, 11) is 0. The predicted molar refractivity (Wildman–Crippen MR) is 81.6 cm³/mol. The van der Waals surface area contributed by atoms with Gasteiger partial charge < -0.3 is 0 Å². The molecule has 1 heterocycles. The molecule has 1 nitrogen and oxygen atoms in total. The van der Waals surface area contributed by atoms with E-state index in [0.717, 1.165) is 21.5 Å². The quantitative estimate of drug-likeness (QED) is 0.803. The summed E-state index contributed by atoms with van der Waals surface area (Å²) in [5.74, 6) is 1.47. The number of thioether (sulfide) groups is 1. The van der Waals surface area contributed by atoms with Crippen LogP contribution < -0.4 is 4.46 Å². The molecule has 0 amide bonds. The van der Waals surface area contributed by atoms with Crippen molar-refractivity contribution >= 4 is 37.0 Å². The van der Waals surface area contributed by atoms with E-state index in [2.05, 4.69) is 30.3 Å². The first-order valence-electron chi connectivity index (χ1n) is 6.28. The number of ketones is 1. The zero-order valence-corrected chi connectivity index (χ0v) is 12.9. The third kappa shape index (κ3) is 2.94. The molecule has 0 aromatic heterocycles. The summed E-state index contributed by atoms with van der Waals surface area (Å²) in [5, 5.41) is 1.01. The SMILES string of the molecule is O=C1c2ccccc2SCC1C[Se]c1ccccc1. The molecule has 0 fully saturated rings. The van der Waals surface area contributed by atoms with E-state index in [1.165, 1.54) is 4.46 Å². The van der Waals surface area contributed by atoms with Crippen molar-refractivity contribution < 1.29 is 4.79 Å². The van der Waals surface area contributed by atoms with Crippen molar-refractivity contribution in [1.82, 2.24) is 0 Å². The van der Waals surface area contributed by atoms with E-state index in [1.54, 1.807) is 0 Å². The van der Waals surface area contributed by atoms with Crippen molar-refractivity contribution in [3.05, 3.63) is 60.2 Å². The van der Waals surface area contributed by atoms with Crippen LogP contribution in [-0.4, -0.2) is 26.5 Å². The Kier molecular flexibility index (Phi) is 4.07. The molecule has 0 aliphatic carbocycles. The van der Waals surface area contributed by atoms with E-state index in [9.17, 15) is 4.79 Å². The van der Waals surface area contributed by atoms with Crippen LogP contribution in [0.1, 0.15) is 10.4 Å². The van der Waals surface area contributed by atoms with Crippen LogP contribution in [0.5, 0.6) is 0 Å². The van der Waals surface area contributed by atoms with E-state index < -0.39 is 0 Å². The fraction of sp³-hybridized carbons (Fsp3) is 0.188. The second-order valence-electron chi connectivity index (χ2n) is 4.49. The number of benzene rings is 2. The first-order valence-corrected chi connectivity index (χ1v) is 9.34. The summed E-state index contributed by atoms with van der Waals surface area (Å²) in [6.45, 7) is 0. The Morgan fingerprint density at radius 2 is 1.79 bits per heavy atom. The number of Topliss-reactive ketones (excluding diaryl/α,β-unsaturated/α-hetero) is 1. The van der Waals surface area contributed by atoms with Crippen LogP contribution in [0, 0.1) is 5.92 Å². The number of carbonyl (C=O) groups excluding carboxylic acids is 1. The van der Waals surface area contributed by atoms with E-state index in [1.807, 2.05) is 36.0 Å². The Morgan fingerprint density at radius 1 is 1.05 bits per heavy atom. The first-order chi connectivity index (χ1) is 9.34. The molecule has 0 spiro atoms. The summed E-state index contributed by atoms with van der Waals surface area (Å²) in [4.78, 5) is 13.6. The van der Waals surface area contributed by atoms with Gasteiger partial charge in [-0.25, -0.2) is 0 Å². The third-order valence-corrected chi connectivity index (χ3v) is 6.86. The summed E-state index contributed by atoms with van der Waals surface area (Å²) in [6.07, 6.45) is 0. The Hall–Kier alpha value is -1.02. The molecule has 0 bridgehead atoms. The molecule has 0 saturated carbocycles. The van der Waals surface area contributed by atoms with Gasteiger partial charge in [0.25, 0.3) is 0 Å². The van der Waals surface area contributed by atoms with Crippen molar-refractivity contribution in [2.24, 2.45) is 5.92 Å². The third-order valence-electron chi connectivity index (χ3n) is 3.16. The van der Waals surface area contributed by atoms with Gasteiger partial charge in [0.15, 0.2) is 0 Å². The Morgan fingerprint density at radius 3 is 2.63 bits per heavy atom. The molecule has 96 valence electrons. The molecule has 3 rings (SSSR count). The summed E-state index contributed by atoms with van der Waals surface area (Å²) in [6, 6.07) is 18.5. The van der Waals surface area contributed by atoms with Gasteiger partial charge in [-0.3, -0.25) is 0 Å². The van der Waals surface area contributed by atoms with Crippen LogP contribution in [0.2, 0.25) is 5.32 Å². The van der Waals surface area contributed by atoms with Crippen LogP contribution in [0.15, 0.2) is 59.5 Å². The van der Waals surface area contributed by atoms with E-state index >= 15 is 0 Å². The average molecular weight is 333 g/mol. The maximum atomic E-state index is 12.4. The minimum atomic E-state index is 0.195. The van der Waals surface area contributed by atoms with Gasteiger partial charge in [0, 0.05) is 0 Å². The van der Waals surface area contributed by atoms with E-state index in [0.29, 0.717) is 20.7 Å². The first kappa shape index (κ1) is 13.0. The molecule has 1 atom stereocenters. The molecular weight excluding hydrogens is 319 g/mol. The second-order valence-corrected chi connectivity index (χ2v) is 7.85. The van der Waals surface area contributed by atoms with Gasteiger partial charge in [0.05, 0.1) is 0 Å². The number of hydrogen-bond donors (Lipinski definition) is 0. The van der Waals surface area contributed by atoms with Gasteiger partial charge in [-0.1, -0.05) is 0 Å². The zero-order chi connectivity index (χ0) is 13.1. The van der Waals surface area contributed by atoms with Crippen molar-refractivity contribution in [2.75, 3.05) is 5.75 Å². The normalized spacial score (nSPS) is 18.1. The van der Waals surface area contributed by atoms with Crippen molar-refractivity contribution in [3.8, 4) is 0 Å². The number of hydrogen-bond acceptors (Lipinski definition) is 2. The molecule has 1 aliphatic rings. The topological polar surface area (TPSA) is 17.1 Å². The van der Waals surface area contributed by atoms with Crippen LogP contribution in [0.3, 0.4) is 0 Å². The molecule has 1 aliphatic heterocycles. The molecule has 1 unspecified atom stereocenters. The van der Waals surface area contributed by atoms with Crippen LogP contribution in [0.4, 0.5) is 0 Å². The van der Waals surface area contributed by atoms with Crippen LogP contribution in [-0.2, 0) is 0 Å². The van der Waals surface area contributed by atoms with Crippen molar-refractivity contribution in [1.29, 1.82) is 0 Å². The molecule has 0 radical (unpaired) electrons. The van der Waals surface area contributed by atoms with Gasteiger partial charge in [-0.2, -0.15) is 0 Å². The molecule has 3 heteroatoms. The predicted octanol–water partition coefficient (Wildman–Crippen LogP) is 3.04. The van der Waals surface area contributed by atoms with Gasteiger partial charge in [0.1, 0.15) is 0 Å². The standard InChI is InChI=1S/C16H14OSSe/c17-16-12(11-19-13-6-2-1-3-7-13)10-18-15-9-5-4-8-14(15)16/h1-9,12H,10-11H2. The van der Waals surface area contributed by atoms with Gasteiger partial charge >= 0.3 is 124 Å². The molecular formula is C16H14OSSe. The van der Waals surface area contributed by atoms with E-state index in [4.69, 9.17) is 0 Å². The second kappa shape index (κ2) is 5.96. The maximum absolute atomic E-state index is 12.4. The van der Waals surface area contributed by atoms with Crippen LogP contribution >= 0.6 is 11.8 Å². The number of carbonyl (C=O) groups is 1. The Balaban J connectivity index is 1.69. The minimum absolute atomic E-state index is 0.195. The van der Waals surface area contributed by atoms with Gasteiger partial charge in [-0.15, -0.1) is 0 Å². The fourth-order valence-corrected chi connectivity index (χ4v) is 5.73. The zero-order valence-electron chi connectivity index (χ0n) is 10.4. The fourth-order valence-electron chi connectivity index (χ4n) is 2.12. The Labute approximate surface area is 124 Å². The molecule has 0 saturated heterocycles. The number of rotatable bonds is 3. The summed E-state index contributed by atoms with van der Waals surface area (Å²) >= 11 is 2.22. The summed E-state index contributed by atoms with van der Waals surface area (Å²) in [5.41, 5.74) is 0.924. The van der Waals surface area contributed by atoms with Crippen molar-refractivity contribution in [3.63, 3.8) is 0 Å². The molecule has 2 aromatic rings. The van der Waals surface area contributed by atoms with Crippen LogP contribution in [0.25, 0.3) is 0 Å². The Bertz CT molecular complexity index is 582. The van der Waals surface area contributed by atoms with Gasteiger partial charge in [0.2, 0.25) is 0 Å². The monoisotopic (exact) mass is 334 g/mol. The molecule has 2 aromatic carbocycles. The average Bonchev–Trinajstić information content (AvgIpc) is 2.48. The summed E-state index contributed by atoms with van der Waals surface area (Å²) < 4.78 is 1.38. The molecule has 0 N–H and O–H groups in total. The molecule has 19 heavy (non-hydrogen) atoms.